The molecule has 134 valence electrons. The second kappa shape index (κ2) is 6.06. The summed E-state index contributed by atoms with van der Waals surface area (Å²) in [5.41, 5.74) is 6.28. The molecule has 1 aromatic heterocycles. The Kier molecular flexibility index (Phi) is 3.49. The van der Waals surface area contributed by atoms with Crippen molar-refractivity contribution in [2.24, 2.45) is 0 Å². The first kappa shape index (κ1) is 16.1. The van der Waals surface area contributed by atoms with Gasteiger partial charge in [0.05, 0.1) is 16.4 Å². The van der Waals surface area contributed by atoms with Crippen LogP contribution in [-0.4, -0.2) is 0 Å². The standard InChI is InChI=1S/C24H14ClNOS/c25-18-5-3-7-22-24(18)26-19-10-8-15(13-23(19)28-22)14-9-11-21-17(12-14)16-4-1-2-6-20(16)27-21/h1-13,26H. The number of hydrogen-bond acceptors (Lipinski definition) is 3. The maximum Gasteiger partial charge on any atom is 0.135 e. The average molecular weight is 400 g/mol. The number of halogens is 1. The molecule has 4 heteroatoms. The number of hydrogen-bond donors (Lipinski definition) is 1. The lowest BCUT2D eigenvalue weighted by atomic mass is 10.0. The molecule has 2 nitrogen and oxygen atoms in total. The van der Waals surface area contributed by atoms with Crippen molar-refractivity contribution in [3.63, 3.8) is 0 Å². The molecule has 0 bridgehead atoms. The number of benzene rings is 4. The van der Waals surface area contributed by atoms with Crippen LogP contribution < -0.4 is 5.32 Å². The van der Waals surface area contributed by atoms with E-state index in [9.17, 15) is 0 Å². The summed E-state index contributed by atoms with van der Waals surface area (Å²) in [7, 11) is 0. The van der Waals surface area contributed by atoms with Crippen LogP contribution in [0.25, 0.3) is 33.1 Å². The Morgan fingerprint density at radius 1 is 0.714 bits per heavy atom. The minimum Gasteiger partial charge on any atom is -0.456 e. The number of para-hydroxylation sites is 2. The van der Waals surface area contributed by atoms with E-state index >= 15 is 0 Å². The van der Waals surface area contributed by atoms with Crippen molar-refractivity contribution in [3.8, 4) is 11.1 Å². The summed E-state index contributed by atoms with van der Waals surface area (Å²) in [6.07, 6.45) is 0. The Bertz CT molecular complexity index is 1390. The maximum absolute atomic E-state index is 6.34. The molecule has 0 fully saturated rings. The van der Waals surface area contributed by atoms with Gasteiger partial charge in [-0.15, -0.1) is 0 Å². The second-order valence-electron chi connectivity index (χ2n) is 6.86. The number of furan rings is 1. The average Bonchev–Trinajstić information content (AvgIpc) is 3.10. The molecule has 1 aliphatic heterocycles. The first-order valence-corrected chi connectivity index (χ1v) is 10.2. The number of fused-ring (bicyclic) bond motifs is 5. The molecule has 1 aliphatic rings. The first-order valence-electron chi connectivity index (χ1n) is 9.05. The van der Waals surface area contributed by atoms with Gasteiger partial charge in [-0.2, -0.15) is 0 Å². The largest absolute Gasteiger partial charge is 0.456 e. The van der Waals surface area contributed by atoms with Crippen molar-refractivity contribution < 1.29 is 4.42 Å². The summed E-state index contributed by atoms with van der Waals surface area (Å²) in [5, 5.41) is 6.51. The van der Waals surface area contributed by atoms with Gasteiger partial charge in [-0.1, -0.05) is 59.8 Å². The van der Waals surface area contributed by atoms with Crippen LogP contribution >= 0.6 is 23.4 Å². The molecule has 28 heavy (non-hydrogen) atoms. The van der Waals surface area contributed by atoms with Crippen LogP contribution in [0.15, 0.2) is 93.1 Å². The van der Waals surface area contributed by atoms with E-state index in [0.717, 1.165) is 43.2 Å². The quantitative estimate of drug-likeness (QED) is 0.302. The van der Waals surface area contributed by atoms with E-state index < -0.39 is 0 Å². The van der Waals surface area contributed by atoms with Gasteiger partial charge in [0.25, 0.3) is 0 Å². The Morgan fingerprint density at radius 3 is 2.50 bits per heavy atom. The minimum absolute atomic E-state index is 0.747. The zero-order valence-electron chi connectivity index (χ0n) is 14.7. The zero-order chi connectivity index (χ0) is 18.7. The molecular formula is C24H14ClNOS. The summed E-state index contributed by atoms with van der Waals surface area (Å²) in [6, 6.07) is 27.1. The fourth-order valence-electron chi connectivity index (χ4n) is 3.76. The van der Waals surface area contributed by atoms with Gasteiger partial charge >= 0.3 is 0 Å². The number of anilines is 2. The third-order valence-corrected chi connectivity index (χ3v) is 6.58. The lowest BCUT2D eigenvalue weighted by Crippen LogP contribution is -2.00. The van der Waals surface area contributed by atoms with E-state index in [0.29, 0.717) is 0 Å². The van der Waals surface area contributed by atoms with Crippen LogP contribution in [0.1, 0.15) is 0 Å². The molecule has 6 rings (SSSR count). The molecule has 0 aliphatic carbocycles. The topological polar surface area (TPSA) is 25.2 Å². The van der Waals surface area contributed by atoms with Gasteiger partial charge in [0.1, 0.15) is 11.2 Å². The van der Waals surface area contributed by atoms with Gasteiger partial charge in [0.15, 0.2) is 0 Å². The van der Waals surface area contributed by atoms with Crippen LogP contribution in [0.4, 0.5) is 11.4 Å². The predicted octanol–water partition coefficient (Wildman–Crippen LogP) is 8.11. The number of rotatable bonds is 1. The molecule has 0 unspecified atom stereocenters. The van der Waals surface area contributed by atoms with Crippen LogP contribution in [0.3, 0.4) is 0 Å². The molecule has 0 saturated heterocycles. The lowest BCUT2D eigenvalue weighted by molar-refractivity contribution is 0.669. The van der Waals surface area contributed by atoms with Crippen molar-refractivity contribution in [1.29, 1.82) is 0 Å². The second-order valence-corrected chi connectivity index (χ2v) is 8.35. The summed E-state index contributed by atoms with van der Waals surface area (Å²) in [5.74, 6) is 0. The zero-order valence-corrected chi connectivity index (χ0v) is 16.3. The Balaban J connectivity index is 1.46. The van der Waals surface area contributed by atoms with Crippen LogP contribution in [0.2, 0.25) is 5.02 Å². The van der Waals surface area contributed by atoms with E-state index in [-0.39, 0.29) is 0 Å². The molecular weight excluding hydrogens is 386 g/mol. The fraction of sp³-hybridized carbons (Fsp3) is 0. The highest BCUT2D eigenvalue weighted by molar-refractivity contribution is 7.99. The van der Waals surface area contributed by atoms with Crippen molar-refractivity contribution in [2.75, 3.05) is 5.32 Å². The van der Waals surface area contributed by atoms with Crippen LogP contribution in [-0.2, 0) is 0 Å². The Morgan fingerprint density at radius 2 is 1.54 bits per heavy atom. The maximum atomic E-state index is 6.34. The number of nitrogens with one attached hydrogen (secondary N) is 1. The van der Waals surface area contributed by atoms with Crippen molar-refractivity contribution in [1.82, 2.24) is 0 Å². The van der Waals surface area contributed by atoms with Crippen molar-refractivity contribution in [3.05, 3.63) is 83.9 Å². The molecule has 2 heterocycles. The van der Waals surface area contributed by atoms with Gasteiger partial charge in [0.2, 0.25) is 0 Å². The third-order valence-electron chi connectivity index (χ3n) is 5.15. The molecule has 1 N–H and O–H groups in total. The minimum atomic E-state index is 0.747. The molecule has 0 amide bonds. The summed E-state index contributed by atoms with van der Waals surface area (Å²) >= 11 is 8.09. The smallest absolute Gasteiger partial charge is 0.135 e. The van der Waals surface area contributed by atoms with Gasteiger partial charge < -0.3 is 9.73 Å². The summed E-state index contributed by atoms with van der Waals surface area (Å²) in [4.78, 5) is 2.35. The van der Waals surface area contributed by atoms with E-state index in [1.807, 2.05) is 30.3 Å². The molecule has 5 aromatic rings. The van der Waals surface area contributed by atoms with Gasteiger partial charge in [0, 0.05) is 20.6 Å². The molecule has 0 atom stereocenters. The molecule has 4 aromatic carbocycles. The van der Waals surface area contributed by atoms with Gasteiger partial charge in [-0.25, -0.2) is 0 Å². The van der Waals surface area contributed by atoms with E-state index in [2.05, 4.69) is 53.8 Å². The van der Waals surface area contributed by atoms with E-state index in [1.165, 1.54) is 16.0 Å². The highest BCUT2D eigenvalue weighted by atomic mass is 35.5. The Labute approximate surface area is 171 Å². The third kappa shape index (κ3) is 2.44. The Hall–Kier alpha value is -2.88. The monoisotopic (exact) mass is 399 g/mol. The van der Waals surface area contributed by atoms with Crippen LogP contribution in [0, 0.1) is 0 Å². The fourth-order valence-corrected chi connectivity index (χ4v) is 5.10. The van der Waals surface area contributed by atoms with E-state index in [1.54, 1.807) is 11.8 Å². The highest BCUT2D eigenvalue weighted by Crippen LogP contribution is 2.48. The van der Waals surface area contributed by atoms with Crippen molar-refractivity contribution >= 4 is 56.7 Å². The first-order chi connectivity index (χ1) is 13.8. The summed E-state index contributed by atoms with van der Waals surface area (Å²) < 4.78 is 5.96. The van der Waals surface area contributed by atoms with E-state index in [4.69, 9.17) is 16.0 Å². The highest BCUT2D eigenvalue weighted by Gasteiger charge is 2.18. The summed E-state index contributed by atoms with van der Waals surface area (Å²) in [6.45, 7) is 0. The lowest BCUT2D eigenvalue weighted by Gasteiger charge is -2.22. The molecule has 0 radical (unpaired) electrons. The SMILES string of the molecule is Clc1cccc2c1Nc1ccc(-c3ccc4oc5ccccc5c4c3)cc1S2. The van der Waals surface area contributed by atoms with Gasteiger partial charge in [-0.05, 0) is 53.6 Å². The van der Waals surface area contributed by atoms with Crippen molar-refractivity contribution in [2.45, 2.75) is 9.79 Å². The van der Waals surface area contributed by atoms with Gasteiger partial charge in [-0.3, -0.25) is 0 Å². The molecule has 0 saturated carbocycles. The molecule has 0 spiro atoms. The van der Waals surface area contributed by atoms with Crippen LogP contribution in [0.5, 0.6) is 0 Å². The normalized spacial score (nSPS) is 12.6. The predicted molar refractivity (Wildman–Crippen MR) is 118 cm³/mol.